The zero-order valence-corrected chi connectivity index (χ0v) is 23.5. The second-order valence-electron chi connectivity index (χ2n) is 11.1. The lowest BCUT2D eigenvalue weighted by Gasteiger charge is -2.30. The summed E-state index contributed by atoms with van der Waals surface area (Å²) in [4.78, 5) is 50.7. The maximum absolute atomic E-state index is 15.8. The van der Waals surface area contributed by atoms with Gasteiger partial charge in [0, 0.05) is 12.5 Å². The Kier molecular flexibility index (Phi) is 8.09. The minimum absolute atomic E-state index is 0.0931. The summed E-state index contributed by atoms with van der Waals surface area (Å²) >= 11 is 0. The molecule has 11 nitrogen and oxygen atoms in total. The number of hydrogen-bond donors (Lipinski definition) is 1. The molecule has 13 heteroatoms. The highest BCUT2D eigenvalue weighted by Crippen LogP contribution is 2.41. The van der Waals surface area contributed by atoms with Gasteiger partial charge in [-0.1, -0.05) is 38.2 Å². The summed E-state index contributed by atoms with van der Waals surface area (Å²) in [6.45, 7) is 0.445. The molecule has 41 heavy (non-hydrogen) atoms. The number of phenolic OH excluding ortho intramolecular Hbond substituents is 1. The fourth-order valence-corrected chi connectivity index (χ4v) is 7.15. The van der Waals surface area contributed by atoms with Gasteiger partial charge in [0.15, 0.2) is 5.82 Å². The molecule has 2 heterocycles. The van der Waals surface area contributed by atoms with E-state index in [0.29, 0.717) is 17.9 Å². The van der Waals surface area contributed by atoms with Crippen LogP contribution < -0.4 is 4.31 Å². The molecule has 0 spiro atoms. The minimum Gasteiger partial charge on any atom is -0.506 e. The molecule has 1 aromatic carbocycles. The van der Waals surface area contributed by atoms with E-state index in [4.69, 9.17) is 9.47 Å². The zero-order chi connectivity index (χ0) is 29.5. The van der Waals surface area contributed by atoms with Gasteiger partial charge in [-0.15, -0.1) is 0 Å². The van der Waals surface area contributed by atoms with Crippen LogP contribution in [-0.2, 0) is 33.9 Å². The zero-order valence-electron chi connectivity index (χ0n) is 22.7. The van der Waals surface area contributed by atoms with Gasteiger partial charge in [0.05, 0.1) is 18.5 Å². The molecule has 222 valence electrons. The van der Waals surface area contributed by atoms with Crippen molar-refractivity contribution in [3.05, 3.63) is 29.6 Å². The van der Waals surface area contributed by atoms with Gasteiger partial charge < -0.3 is 14.6 Å². The Morgan fingerprint density at radius 1 is 1.05 bits per heavy atom. The Labute approximate surface area is 237 Å². The van der Waals surface area contributed by atoms with Crippen molar-refractivity contribution < 1.29 is 46.6 Å². The molecule has 0 bridgehead atoms. The number of aromatic hydroxyl groups is 1. The molecule has 4 aliphatic rings. The van der Waals surface area contributed by atoms with E-state index in [9.17, 15) is 32.7 Å². The SMILES string of the molecule is CC(OC(=O)C1CCCC1)OC(=O)N1CC(c2ccc(O)c(N3CC(=O)C(=O)S3(=O)=O)c2F)=C[C@H]1CCC1CCC1. The van der Waals surface area contributed by atoms with Crippen LogP contribution in [0.25, 0.3) is 5.57 Å². The van der Waals surface area contributed by atoms with E-state index >= 15 is 4.39 Å². The van der Waals surface area contributed by atoms with Gasteiger partial charge in [0.25, 0.3) is 0 Å². The maximum Gasteiger partial charge on any atom is 0.413 e. The second-order valence-corrected chi connectivity index (χ2v) is 12.9. The highest BCUT2D eigenvalue weighted by Gasteiger charge is 2.47. The molecule has 1 amide bonds. The number of phenols is 1. The number of halogens is 1. The van der Waals surface area contributed by atoms with Crippen molar-refractivity contribution in [2.24, 2.45) is 11.8 Å². The number of sulfonamides is 1. The lowest BCUT2D eigenvalue weighted by atomic mass is 9.81. The number of amides is 1. The van der Waals surface area contributed by atoms with E-state index < -0.39 is 69.1 Å². The third-order valence-corrected chi connectivity index (χ3v) is 10.0. The molecule has 1 saturated heterocycles. The smallest absolute Gasteiger partial charge is 0.413 e. The van der Waals surface area contributed by atoms with Gasteiger partial charge in [-0.05, 0) is 49.3 Å². The average molecular weight is 593 g/mol. The number of nitrogens with zero attached hydrogens (tertiary/aromatic N) is 2. The molecule has 2 saturated carbocycles. The van der Waals surface area contributed by atoms with Crippen LogP contribution in [0.2, 0.25) is 0 Å². The fourth-order valence-electron chi connectivity index (χ4n) is 5.90. The van der Waals surface area contributed by atoms with Crippen LogP contribution in [0.1, 0.15) is 70.3 Å². The fraction of sp³-hybridized carbons (Fsp3) is 0.571. The van der Waals surface area contributed by atoms with Crippen molar-refractivity contribution in [2.45, 2.75) is 77.0 Å². The number of esters is 1. The first kappa shape index (κ1) is 29.0. The van der Waals surface area contributed by atoms with Crippen LogP contribution in [0.5, 0.6) is 5.75 Å². The minimum atomic E-state index is -4.83. The van der Waals surface area contributed by atoms with Crippen LogP contribution >= 0.6 is 0 Å². The Bertz CT molecular complexity index is 1400. The summed E-state index contributed by atoms with van der Waals surface area (Å²) in [7, 11) is -4.83. The van der Waals surface area contributed by atoms with Crippen LogP contribution in [0.3, 0.4) is 0 Å². The summed E-state index contributed by atoms with van der Waals surface area (Å²) in [5.74, 6) is -3.22. The molecule has 2 aliphatic carbocycles. The molecule has 1 aromatic rings. The number of carbonyl (C=O) groups is 4. The molecule has 5 rings (SSSR count). The van der Waals surface area contributed by atoms with Crippen LogP contribution in [0, 0.1) is 17.7 Å². The van der Waals surface area contributed by atoms with E-state index in [2.05, 4.69) is 0 Å². The first-order valence-electron chi connectivity index (χ1n) is 14.0. The molecule has 1 unspecified atom stereocenters. The summed E-state index contributed by atoms with van der Waals surface area (Å²) in [5, 5.41) is 8.66. The van der Waals surface area contributed by atoms with Crippen molar-refractivity contribution in [1.82, 2.24) is 4.90 Å². The van der Waals surface area contributed by atoms with E-state index in [1.807, 2.05) is 0 Å². The maximum atomic E-state index is 15.8. The van der Waals surface area contributed by atoms with E-state index in [1.54, 1.807) is 6.08 Å². The number of rotatable bonds is 8. The quantitative estimate of drug-likeness (QED) is 0.271. The third-order valence-electron chi connectivity index (χ3n) is 8.43. The predicted molar refractivity (Wildman–Crippen MR) is 143 cm³/mol. The Morgan fingerprint density at radius 3 is 2.37 bits per heavy atom. The number of anilines is 1. The molecule has 0 radical (unpaired) electrons. The first-order valence-corrected chi connectivity index (χ1v) is 15.4. The van der Waals surface area contributed by atoms with Crippen molar-refractivity contribution >= 4 is 44.2 Å². The number of carbonyl (C=O) groups excluding carboxylic acids is 4. The highest BCUT2D eigenvalue weighted by atomic mass is 32.2. The van der Waals surface area contributed by atoms with Gasteiger partial charge in [-0.3, -0.25) is 19.3 Å². The first-order chi connectivity index (χ1) is 19.5. The van der Waals surface area contributed by atoms with Gasteiger partial charge in [-0.2, -0.15) is 8.42 Å². The molecule has 0 aromatic heterocycles. The van der Waals surface area contributed by atoms with Gasteiger partial charge >= 0.3 is 27.2 Å². The number of ether oxygens (including phenoxy) is 2. The molecule has 2 aliphatic heterocycles. The Hall–Kier alpha value is -3.48. The van der Waals surface area contributed by atoms with Crippen LogP contribution in [0.15, 0.2) is 18.2 Å². The van der Waals surface area contributed by atoms with Gasteiger partial charge in [-0.25, -0.2) is 13.5 Å². The average Bonchev–Trinajstić information content (AvgIpc) is 3.61. The van der Waals surface area contributed by atoms with E-state index in [0.717, 1.165) is 57.4 Å². The molecule has 1 N–H and O–H groups in total. The Balaban J connectivity index is 1.36. The topological polar surface area (TPSA) is 148 Å². The summed E-state index contributed by atoms with van der Waals surface area (Å²) in [6, 6.07) is 1.86. The van der Waals surface area contributed by atoms with Crippen molar-refractivity contribution in [3.8, 4) is 5.75 Å². The Morgan fingerprint density at radius 2 is 1.76 bits per heavy atom. The van der Waals surface area contributed by atoms with Crippen LogP contribution in [-0.4, -0.2) is 66.8 Å². The predicted octanol–water partition coefficient (Wildman–Crippen LogP) is 3.64. The lowest BCUT2D eigenvalue weighted by Crippen LogP contribution is -2.39. The molecular weight excluding hydrogens is 559 g/mol. The number of hydrogen-bond acceptors (Lipinski definition) is 9. The van der Waals surface area contributed by atoms with Gasteiger partial charge in [0.2, 0.25) is 12.1 Å². The summed E-state index contributed by atoms with van der Waals surface area (Å²) < 4.78 is 51.8. The van der Waals surface area contributed by atoms with E-state index in [1.165, 1.54) is 17.9 Å². The number of benzene rings is 1. The largest absolute Gasteiger partial charge is 0.506 e. The number of ketones is 1. The molecule has 3 fully saturated rings. The van der Waals surface area contributed by atoms with Gasteiger partial charge in [0.1, 0.15) is 18.0 Å². The van der Waals surface area contributed by atoms with Crippen molar-refractivity contribution in [1.29, 1.82) is 0 Å². The van der Waals surface area contributed by atoms with Crippen molar-refractivity contribution in [3.63, 3.8) is 0 Å². The van der Waals surface area contributed by atoms with Crippen molar-refractivity contribution in [2.75, 3.05) is 17.4 Å². The van der Waals surface area contributed by atoms with Crippen LogP contribution in [0.4, 0.5) is 14.9 Å². The lowest BCUT2D eigenvalue weighted by molar-refractivity contribution is -0.170. The second kappa shape index (κ2) is 11.4. The molecule has 2 atom stereocenters. The summed E-state index contributed by atoms with van der Waals surface area (Å²) in [5.41, 5.74) is -0.560. The molecular formula is C28H33FN2O9S. The highest BCUT2D eigenvalue weighted by molar-refractivity contribution is 8.10. The van der Waals surface area contributed by atoms with E-state index in [-0.39, 0.29) is 22.3 Å². The number of Topliss-reactive ketones (excluding diaryl/α,β-unsaturated/α-hetero) is 1. The third kappa shape index (κ3) is 5.68. The summed E-state index contributed by atoms with van der Waals surface area (Å²) in [6.07, 6.45) is 7.96. The standard InChI is InChI=1S/C28H33FN2O9S/c1-16(39-26(34)18-7-2-3-8-18)40-28(36)30-14-19(13-20(30)10-9-17-5-4-6-17)21-11-12-22(32)25(24(21)29)31-15-23(33)27(35)41(31,37)38/h11-13,16-18,20,32H,2-10,14-15H2,1H3/t16?,20-/m1/s1. The monoisotopic (exact) mass is 592 g/mol. The normalized spacial score (nSPS) is 23.5.